The van der Waals surface area contributed by atoms with Gasteiger partial charge in [0.1, 0.15) is 0 Å². The van der Waals surface area contributed by atoms with Crippen molar-refractivity contribution in [3.8, 4) is 17.3 Å². The van der Waals surface area contributed by atoms with Gasteiger partial charge in [-0.05, 0) is 12.1 Å². The molecule has 1 aromatic carbocycles. The van der Waals surface area contributed by atoms with E-state index in [4.69, 9.17) is 5.26 Å². The predicted octanol–water partition coefficient (Wildman–Crippen LogP) is 1.86. The van der Waals surface area contributed by atoms with Crippen LogP contribution in [0.1, 0.15) is 5.56 Å². The second-order valence-corrected chi connectivity index (χ2v) is 3.10. The zero-order chi connectivity index (χ0) is 10.7. The van der Waals surface area contributed by atoms with Crippen molar-refractivity contribution >= 4 is 0 Å². The van der Waals surface area contributed by atoms with Crippen LogP contribution in [0.5, 0.6) is 0 Å². The summed E-state index contributed by atoms with van der Waals surface area (Å²) >= 11 is 0. The highest BCUT2D eigenvalue weighted by atomic mass is 16.5. The maximum absolute atomic E-state index is 11.5. The Hall–Kier alpha value is -2.34. The lowest BCUT2D eigenvalue weighted by molar-refractivity contribution is -0.593. The summed E-state index contributed by atoms with van der Waals surface area (Å²) in [6, 6.07) is 14.4. The van der Waals surface area contributed by atoms with Gasteiger partial charge in [0.15, 0.2) is 6.20 Å². The Morgan fingerprint density at radius 1 is 1.13 bits per heavy atom. The van der Waals surface area contributed by atoms with E-state index in [2.05, 4.69) is 0 Å². The largest absolute Gasteiger partial charge is 0.618 e. The van der Waals surface area contributed by atoms with Crippen molar-refractivity contribution in [2.24, 2.45) is 0 Å². The number of aromatic nitrogens is 1. The third-order valence-electron chi connectivity index (χ3n) is 2.12. The van der Waals surface area contributed by atoms with Gasteiger partial charge in [-0.25, -0.2) is 0 Å². The molecule has 0 aliphatic rings. The number of benzene rings is 1. The first-order valence-corrected chi connectivity index (χ1v) is 4.50. The van der Waals surface area contributed by atoms with Gasteiger partial charge in [0.2, 0.25) is 5.69 Å². The number of rotatable bonds is 1. The molecule has 0 atom stereocenters. The maximum atomic E-state index is 11.5. The van der Waals surface area contributed by atoms with Gasteiger partial charge in [0.05, 0.1) is 11.6 Å². The van der Waals surface area contributed by atoms with Crippen LogP contribution >= 0.6 is 0 Å². The topological polar surface area (TPSA) is 50.7 Å². The van der Waals surface area contributed by atoms with Gasteiger partial charge in [0.25, 0.3) is 0 Å². The maximum Gasteiger partial charge on any atom is 0.225 e. The molecule has 2 aromatic rings. The second-order valence-electron chi connectivity index (χ2n) is 3.10. The second kappa shape index (κ2) is 3.81. The van der Waals surface area contributed by atoms with Gasteiger partial charge in [0, 0.05) is 17.7 Å². The summed E-state index contributed by atoms with van der Waals surface area (Å²) in [4.78, 5) is 0. The van der Waals surface area contributed by atoms with E-state index < -0.39 is 0 Å². The molecule has 0 N–H and O–H groups in total. The summed E-state index contributed by atoms with van der Waals surface area (Å²) < 4.78 is 0.760. The molecule has 3 heteroatoms. The Kier molecular flexibility index (Phi) is 2.34. The van der Waals surface area contributed by atoms with Crippen molar-refractivity contribution in [3.05, 3.63) is 59.4 Å². The van der Waals surface area contributed by atoms with E-state index in [1.807, 2.05) is 36.4 Å². The van der Waals surface area contributed by atoms with Gasteiger partial charge in [-0.2, -0.15) is 9.99 Å². The Morgan fingerprint density at radius 3 is 2.53 bits per heavy atom. The number of pyridine rings is 1. The predicted molar refractivity (Wildman–Crippen MR) is 55.6 cm³/mol. The average Bonchev–Trinajstić information content (AvgIpc) is 2.31. The highest BCUT2D eigenvalue weighted by Gasteiger charge is 2.08. The van der Waals surface area contributed by atoms with Crippen LogP contribution in [-0.2, 0) is 0 Å². The summed E-state index contributed by atoms with van der Waals surface area (Å²) in [7, 11) is 0. The normalized spacial score (nSPS) is 9.53. The summed E-state index contributed by atoms with van der Waals surface area (Å²) in [6.07, 6.45) is 1.35. The monoisotopic (exact) mass is 196 g/mol. The summed E-state index contributed by atoms with van der Waals surface area (Å²) in [5, 5.41) is 20.2. The van der Waals surface area contributed by atoms with E-state index in [9.17, 15) is 5.21 Å². The molecule has 1 aromatic heterocycles. The number of hydrogen-bond donors (Lipinski definition) is 0. The van der Waals surface area contributed by atoms with E-state index in [1.54, 1.807) is 6.07 Å². The molecule has 0 spiro atoms. The van der Waals surface area contributed by atoms with Gasteiger partial charge in [-0.15, -0.1) is 0 Å². The first-order valence-electron chi connectivity index (χ1n) is 4.50. The average molecular weight is 196 g/mol. The first-order chi connectivity index (χ1) is 7.31. The lowest BCUT2D eigenvalue weighted by Crippen LogP contribution is -2.28. The first kappa shape index (κ1) is 9.22. The van der Waals surface area contributed by atoms with Crippen LogP contribution in [0.15, 0.2) is 48.7 Å². The molecule has 1 heterocycles. The summed E-state index contributed by atoms with van der Waals surface area (Å²) in [6.45, 7) is 0. The molecule has 0 aliphatic heterocycles. The van der Waals surface area contributed by atoms with Gasteiger partial charge < -0.3 is 5.21 Å². The van der Waals surface area contributed by atoms with Crippen LogP contribution in [0.25, 0.3) is 11.3 Å². The van der Waals surface area contributed by atoms with Crippen molar-refractivity contribution in [1.29, 1.82) is 5.26 Å². The van der Waals surface area contributed by atoms with Crippen LogP contribution in [0.2, 0.25) is 0 Å². The van der Waals surface area contributed by atoms with Gasteiger partial charge in [-0.3, -0.25) is 0 Å². The van der Waals surface area contributed by atoms with Crippen LogP contribution < -0.4 is 4.73 Å². The number of nitrogens with zero attached hydrogens (tertiary/aromatic N) is 2. The van der Waals surface area contributed by atoms with Crippen molar-refractivity contribution in [2.75, 3.05) is 0 Å². The van der Waals surface area contributed by atoms with E-state index in [0.29, 0.717) is 11.3 Å². The molecule has 0 fully saturated rings. The minimum absolute atomic E-state index is 0.487. The molecule has 0 bridgehead atoms. The van der Waals surface area contributed by atoms with Crippen LogP contribution in [-0.4, -0.2) is 0 Å². The van der Waals surface area contributed by atoms with Crippen LogP contribution in [0, 0.1) is 16.5 Å². The fourth-order valence-corrected chi connectivity index (χ4v) is 1.38. The molecular weight excluding hydrogens is 188 g/mol. The molecular formula is C12H8N2O. The van der Waals surface area contributed by atoms with Crippen molar-refractivity contribution in [1.82, 2.24) is 0 Å². The summed E-state index contributed by atoms with van der Waals surface area (Å²) in [5.74, 6) is 0. The van der Waals surface area contributed by atoms with E-state index in [1.165, 1.54) is 12.3 Å². The molecule has 15 heavy (non-hydrogen) atoms. The lowest BCUT2D eigenvalue weighted by Gasteiger charge is -2.03. The van der Waals surface area contributed by atoms with E-state index >= 15 is 0 Å². The van der Waals surface area contributed by atoms with Crippen molar-refractivity contribution < 1.29 is 4.73 Å². The van der Waals surface area contributed by atoms with E-state index in [-0.39, 0.29) is 0 Å². The molecule has 0 radical (unpaired) electrons. The lowest BCUT2D eigenvalue weighted by atomic mass is 10.1. The molecule has 0 aliphatic carbocycles. The molecule has 0 amide bonds. The molecule has 2 rings (SSSR count). The Bertz CT molecular complexity index is 515. The highest BCUT2D eigenvalue weighted by molar-refractivity contribution is 5.57. The number of hydrogen-bond acceptors (Lipinski definition) is 2. The van der Waals surface area contributed by atoms with Crippen molar-refractivity contribution in [2.45, 2.75) is 0 Å². The number of nitriles is 1. The molecule has 0 unspecified atom stereocenters. The third kappa shape index (κ3) is 1.79. The fraction of sp³-hybridized carbons (Fsp3) is 0. The molecule has 72 valence electrons. The van der Waals surface area contributed by atoms with Crippen molar-refractivity contribution in [3.63, 3.8) is 0 Å². The minimum atomic E-state index is 0.487. The SMILES string of the molecule is N#Cc1cc[n+]([O-])c(-c2ccccc2)c1. The fourth-order valence-electron chi connectivity index (χ4n) is 1.38. The Labute approximate surface area is 87.4 Å². The minimum Gasteiger partial charge on any atom is -0.618 e. The molecule has 3 nitrogen and oxygen atoms in total. The van der Waals surface area contributed by atoms with E-state index in [0.717, 1.165) is 10.3 Å². The van der Waals surface area contributed by atoms with Crippen LogP contribution in [0.4, 0.5) is 0 Å². The standard InChI is InChI=1S/C12H8N2O/c13-9-10-6-7-14(15)12(8-10)11-4-2-1-3-5-11/h1-8H. The molecule has 0 saturated carbocycles. The smallest absolute Gasteiger partial charge is 0.225 e. The van der Waals surface area contributed by atoms with Gasteiger partial charge >= 0.3 is 0 Å². The zero-order valence-electron chi connectivity index (χ0n) is 7.92. The zero-order valence-corrected chi connectivity index (χ0v) is 7.92. The quantitative estimate of drug-likeness (QED) is 0.516. The summed E-state index contributed by atoms with van der Waals surface area (Å²) in [5.41, 5.74) is 1.79. The van der Waals surface area contributed by atoms with Gasteiger partial charge in [-0.1, -0.05) is 18.2 Å². The van der Waals surface area contributed by atoms with Crippen LogP contribution in [0.3, 0.4) is 0 Å². The Morgan fingerprint density at radius 2 is 1.87 bits per heavy atom. The molecule has 0 saturated heterocycles. The third-order valence-corrected chi connectivity index (χ3v) is 2.12. The highest BCUT2D eigenvalue weighted by Crippen LogP contribution is 2.15. The Balaban J connectivity index is 2.58.